The minimum Gasteiger partial charge on any atom is -0.453 e. The molecular formula is C25H22N2O3. The van der Waals surface area contributed by atoms with E-state index in [0.717, 1.165) is 22.3 Å². The van der Waals surface area contributed by atoms with Crippen LogP contribution in [0.2, 0.25) is 0 Å². The number of carbonyl (C=O) groups is 1. The Bertz CT molecular complexity index is 1050. The van der Waals surface area contributed by atoms with E-state index in [-0.39, 0.29) is 12.4 Å². The number of hydrogen-bond acceptors (Lipinski definition) is 5. The van der Waals surface area contributed by atoms with Gasteiger partial charge in [-0.2, -0.15) is 0 Å². The summed E-state index contributed by atoms with van der Waals surface area (Å²) in [7, 11) is 0. The summed E-state index contributed by atoms with van der Waals surface area (Å²) < 4.78 is 11.5. The first-order valence-electron chi connectivity index (χ1n) is 9.88. The van der Waals surface area contributed by atoms with Gasteiger partial charge in [0.15, 0.2) is 6.10 Å². The third-order valence-corrected chi connectivity index (χ3v) is 4.76. The van der Waals surface area contributed by atoms with E-state index in [9.17, 15) is 4.79 Å². The predicted molar refractivity (Wildman–Crippen MR) is 114 cm³/mol. The highest BCUT2D eigenvalue weighted by atomic mass is 16.5. The van der Waals surface area contributed by atoms with Crippen LogP contribution in [0, 0.1) is 6.92 Å². The molecule has 0 atom stereocenters. The molecule has 4 rings (SSSR count). The van der Waals surface area contributed by atoms with Gasteiger partial charge in [0.1, 0.15) is 0 Å². The smallest absolute Gasteiger partial charge is 0.307 e. The second-order valence-electron chi connectivity index (χ2n) is 7.06. The van der Waals surface area contributed by atoms with E-state index in [1.165, 1.54) is 0 Å². The van der Waals surface area contributed by atoms with Gasteiger partial charge in [0.25, 0.3) is 0 Å². The molecule has 0 bridgehead atoms. The summed E-state index contributed by atoms with van der Waals surface area (Å²) in [5.41, 5.74) is 3.87. The zero-order valence-corrected chi connectivity index (χ0v) is 16.7. The maximum absolute atomic E-state index is 12.6. The van der Waals surface area contributed by atoms with Crippen molar-refractivity contribution in [3.05, 3.63) is 108 Å². The molecule has 0 spiro atoms. The van der Waals surface area contributed by atoms with Crippen molar-refractivity contribution in [2.24, 2.45) is 0 Å². The molecule has 4 aromatic rings. The molecule has 1 heterocycles. The molecule has 0 unspecified atom stereocenters. The molecule has 30 heavy (non-hydrogen) atoms. The molecule has 0 aliphatic heterocycles. The van der Waals surface area contributed by atoms with Gasteiger partial charge in [-0.25, -0.2) is 0 Å². The molecule has 150 valence electrons. The molecule has 0 N–H and O–H groups in total. The van der Waals surface area contributed by atoms with Crippen molar-refractivity contribution in [2.45, 2.75) is 25.9 Å². The molecular weight excluding hydrogens is 376 g/mol. The molecule has 0 fully saturated rings. The minimum atomic E-state index is -0.453. The first-order valence-corrected chi connectivity index (χ1v) is 9.88. The van der Waals surface area contributed by atoms with Crippen LogP contribution in [0.5, 0.6) is 0 Å². The minimum absolute atomic E-state index is 0.158. The second-order valence-corrected chi connectivity index (χ2v) is 7.06. The van der Waals surface area contributed by atoms with Crippen molar-refractivity contribution in [1.82, 2.24) is 10.2 Å². The Morgan fingerprint density at radius 1 is 0.867 bits per heavy atom. The second kappa shape index (κ2) is 9.18. The SMILES string of the molecule is Cc1ccc(-c2nnc(CCC(=O)OC(c3ccccc3)c3ccccc3)o2)cc1. The maximum atomic E-state index is 12.6. The summed E-state index contributed by atoms with van der Waals surface area (Å²) in [6, 6.07) is 27.3. The number of carbonyl (C=O) groups excluding carboxylic acids is 1. The third kappa shape index (κ3) is 4.81. The number of ether oxygens (including phenoxy) is 1. The van der Waals surface area contributed by atoms with Crippen molar-refractivity contribution >= 4 is 5.97 Å². The van der Waals surface area contributed by atoms with Crippen molar-refractivity contribution in [1.29, 1.82) is 0 Å². The first-order chi connectivity index (χ1) is 14.7. The zero-order valence-electron chi connectivity index (χ0n) is 16.7. The van der Waals surface area contributed by atoms with Gasteiger partial charge in [0.05, 0.1) is 6.42 Å². The Labute approximate surface area is 175 Å². The van der Waals surface area contributed by atoms with Crippen molar-refractivity contribution in [2.75, 3.05) is 0 Å². The fraction of sp³-hybridized carbons (Fsp3) is 0.160. The van der Waals surface area contributed by atoms with Gasteiger partial charge in [-0.15, -0.1) is 10.2 Å². The standard InChI is InChI=1S/C25H22N2O3/c1-18-12-14-21(15-13-18)25-27-26-22(29-25)16-17-23(28)30-24(19-8-4-2-5-9-19)20-10-6-3-7-11-20/h2-15,24H,16-17H2,1H3. The van der Waals surface area contributed by atoms with Gasteiger partial charge >= 0.3 is 5.97 Å². The Morgan fingerprint density at radius 2 is 1.47 bits per heavy atom. The summed E-state index contributed by atoms with van der Waals surface area (Å²) in [4.78, 5) is 12.6. The molecule has 0 aliphatic carbocycles. The fourth-order valence-electron chi connectivity index (χ4n) is 3.15. The fourth-order valence-corrected chi connectivity index (χ4v) is 3.15. The highest BCUT2D eigenvalue weighted by Crippen LogP contribution is 2.26. The number of nitrogens with zero attached hydrogens (tertiary/aromatic N) is 2. The summed E-state index contributed by atoms with van der Waals surface area (Å²) in [5.74, 6) is 0.547. The summed E-state index contributed by atoms with van der Waals surface area (Å²) >= 11 is 0. The lowest BCUT2D eigenvalue weighted by Gasteiger charge is -2.18. The van der Waals surface area contributed by atoms with Gasteiger partial charge in [-0.05, 0) is 30.2 Å². The molecule has 0 aliphatic rings. The van der Waals surface area contributed by atoms with Crippen LogP contribution in [0.25, 0.3) is 11.5 Å². The number of esters is 1. The number of aromatic nitrogens is 2. The van der Waals surface area contributed by atoms with E-state index in [0.29, 0.717) is 18.2 Å². The van der Waals surface area contributed by atoms with Crippen LogP contribution in [-0.2, 0) is 16.0 Å². The lowest BCUT2D eigenvalue weighted by molar-refractivity contribution is -0.147. The van der Waals surface area contributed by atoms with E-state index < -0.39 is 6.10 Å². The first kappa shape index (κ1) is 19.6. The number of rotatable bonds is 7. The van der Waals surface area contributed by atoms with Gasteiger partial charge in [0, 0.05) is 12.0 Å². The van der Waals surface area contributed by atoms with Gasteiger partial charge in [0.2, 0.25) is 11.8 Å². The lowest BCUT2D eigenvalue weighted by atomic mass is 10.0. The molecule has 1 aromatic heterocycles. The van der Waals surface area contributed by atoms with E-state index in [4.69, 9.17) is 9.15 Å². The lowest BCUT2D eigenvalue weighted by Crippen LogP contribution is -2.13. The number of hydrogen-bond donors (Lipinski definition) is 0. The average molecular weight is 398 g/mol. The van der Waals surface area contributed by atoms with Gasteiger partial charge in [-0.3, -0.25) is 4.79 Å². The number of aryl methyl sites for hydroxylation is 2. The monoisotopic (exact) mass is 398 g/mol. The summed E-state index contributed by atoms with van der Waals surface area (Å²) in [6.07, 6.45) is 0.0328. The van der Waals surface area contributed by atoms with Crippen LogP contribution in [0.4, 0.5) is 0 Å². The maximum Gasteiger partial charge on any atom is 0.307 e. The highest BCUT2D eigenvalue weighted by molar-refractivity contribution is 5.70. The van der Waals surface area contributed by atoms with Crippen molar-refractivity contribution in [3.63, 3.8) is 0 Å². The Hall–Kier alpha value is -3.73. The summed E-state index contributed by atoms with van der Waals surface area (Å²) in [5, 5.41) is 8.14. The van der Waals surface area contributed by atoms with Crippen LogP contribution < -0.4 is 0 Å². The van der Waals surface area contributed by atoms with Crippen LogP contribution in [0.1, 0.15) is 35.1 Å². The molecule has 0 saturated heterocycles. The van der Waals surface area contributed by atoms with E-state index in [1.807, 2.05) is 91.9 Å². The largest absolute Gasteiger partial charge is 0.453 e. The summed E-state index contributed by atoms with van der Waals surface area (Å²) in [6.45, 7) is 2.02. The molecule has 5 nitrogen and oxygen atoms in total. The van der Waals surface area contributed by atoms with Gasteiger partial charge in [-0.1, -0.05) is 78.4 Å². The van der Waals surface area contributed by atoms with Crippen LogP contribution >= 0.6 is 0 Å². The van der Waals surface area contributed by atoms with E-state index in [1.54, 1.807) is 0 Å². The molecule has 0 saturated carbocycles. The molecule has 5 heteroatoms. The Balaban J connectivity index is 1.41. The van der Waals surface area contributed by atoms with Crippen LogP contribution in [0.3, 0.4) is 0 Å². The van der Waals surface area contributed by atoms with Crippen molar-refractivity contribution < 1.29 is 13.9 Å². The Morgan fingerprint density at radius 3 is 2.07 bits per heavy atom. The van der Waals surface area contributed by atoms with Crippen molar-refractivity contribution in [3.8, 4) is 11.5 Å². The molecule has 0 radical (unpaired) electrons. The predicted octanol–water partition coefficient (Wildman–Crippen LogP) is 5.31. The van der Waals surface area contributed by atoms with E-state index >= 15 is 0 Å². The van der Waals surface area contributed by atoms with E-state index in [2.05, 4.69) is 10.2 Å². The van der Waals surface area contributed by atoms with Gasteiger partial charge < -0.3 is 9.15 Å². The quantitative estimate of drug-likeness (QED) is 0.395. The number of benzene rings is 3. The normalized spacial score (nSPS) is 10.9. The third-order valence-electron chi connectivity index (χ3n) is 4.76. The average Bonchev–Trinajstić information content (AvgIpc) is 3.27. The highest BCUT2D eigenvalue weighted by Gasteiger charge is 2.19. The van der Waals surface area contributed by atoms with Crippen LogP contribution in [0.15, 0.2) is 89.3 Å². The molecule has 0 amide bonds. The molecule has 3 aromatic carbocycles. The zero-order chi connectivity index (χ0) is 20.8. The topological polar surface area (TPSA) is 65.2 Å². The Kier molecular flexibility index (Phi) is 5.99. The van der Waals surface area contributed by atoms with Crippen LogP contribution in [-0.4, -0.2) is 16.2 Å².